The molecule has 2 fully saturated rings. The first-order valence-electron chi connectivity index (χ1n) is 7.67. The average molecular weight is 293 g/mol. The summed E-state index contributed by atoms with van der Waals surface area (Å²) in [6.45, 7) is 7.86. The summed E-state index contributed by atoms with van der Waals surface area (Å²) in [4.78, 5) is 15.8. The minimum Gasteiger partial charge on any atom is -0.377 e. The summed E-state index contributed by atoms with van der Waals surface area (Å²) in [7, 11) is 0. The summed E-state index contributed by atoms with van der Waals surface area (Å²) < 4.78 is 11.3. The molecule has 2 saturated heterocycles. The third-order valence-corrected chi connectivity index (χ3v) is 4.35. The summed E-state index contributed by atoms with van der Waals surface area (Å²) >= 11 is 0. The fraction of sp³-hybridized carbons (Fsp3) is 0.800. The van der Waals surface area contributed by atoms with Crippen LogP contribution in [0.25, 0.3) is 0 Å². The minimum absolute atomic E-state index is 0.0563. The molecule has 0 radical (unpaired) electrons. The van der Waals surface area contributed by atoms with Crippen molar-refractivity contribution < 1.29 is 14.1 Å². The maximum absolute atomic E-state index is 11.2. The molecule has 2 aliphatic heterocycles. The quantitative estimate of drug-likeness (QED) is 0.902. The summed E-state index contributed by atoms with van der Waals surface area (Å²) in [5.41, 5.74) is 0.0563. The van der Waals surface area contributed by atoms with Crippen molar-refractivity contribution in [2.24, 2.45) is 5.41 Å². The number of rotatable bonds is 2. The SMILES string of the molecule is CC(C)(C)[C@H]1OCC[C@@H]1c1noc([C@H]2CCC(=O)NC2)n1. The van der Waals surface area contributed by atoms with Crippen LogP contribution in [-0.2, 0) is 9.53 Å². The Morgan fingerprint density at radius 2 is 2.10 bits per heavy atom. The number of ether oxygens (including phenoxy) is 1. The van der Waals surface area contributed by atoms with Crippen molar-refractivity contribution in [2.75, 3.05) is 13.2 Å². The highest BCUT2D eigenvalue weighted by Crippen LogP contribution is 2.40. The van der Waals surface area contributed by atoms with Crippen LogP contribution >= 0.6 is 0 Å². The predicted molar refractivity (Wildman–Crippen MR) is 75.8 cm³/mol. The second-order valence-corrected chi connectivity index (χ2v) is 7.08. The maximum atomic E-state index is 11.2. The van der Waals surface area contributed by atoms with Crippen LogP contribution in [0.3, 0.4) is 0 Å². The number of carbonyl (C=O) groups excluding carboxylic acids is 1. The van der Waals surface area contributed by atoms with E-state index < -0.39 is 0 Å². The van der Waals surface area contributed by atoms with E-state index in [4.69, 9.17) is 9.26 Å². The van der Waals surface area contributed by atoms with Gasteiger partial charge < -0.3 is 14.6 Å². The largest absolute Gasteiger partial charge is 0.377 e. The van der Waals surface area contributed by atoms with Crippen molar-refractivity contribution in [2.45, 2.75) is 58.0 Å². The first kappa shape index (κ1) is 14.5. The highest BCUT2D eigenvalue weighted by molar-refractivity contribution is 5.76. The fourth-order valence-electron chi connectivity index (χ4n) is 3.21. The van der Waals surface area contributed by atoms with Crippen LogP contribution in [0.5, 0.6) is 0 Å². The molecule has 1 aromatic rings. The van der Waals surface area contributed by atoms with Crippen LogP contribution in [0.4, 0.5) is 0 Å². The third-order valence-electron chi connectivity index (χ3n) is 4.35. The molecule has 0 unspecified atom stereocenters. The molecule has 3 rings (SSSR count). The van der Waals surface area contributed by atoms with Crippen LogP contribution < -0.4 is 5.32 Å². The molecule has 6 heteroatoms. The Labute approximate surface area is 124 Å². The molecule has 3 heterocycles. The van der Waals surface area contributed by atoms with E-state index in [0.717, 1.165) is 25.3 Å². The van der Waals surface area contributed by atoms with Gasteiger partial charge in [0, 0.05) is 19.6 Å². The molecule has 1 aromatic heterocycles. The summed E-state index contributed by atoms with van der Waals surface area (Å²) in [6, 6.07) is 0. The van der Waals surface area contributed by atoms with Gasteiger partial charge in [-0.25, -0.2) is 0 Å². The Balaban J connectivity index is 1.74. The maximum Gasteiger partial charge on any atom is 0.231 e. The average Bonchev–Trinajstić information content (AvgIpc) is 3.07. The molecule has 3 atom stereocenters. The zero-order valence-electron chi connectivity index (χ0n) is 12.9. The number of aromatic nitrogens is 2. The highest BCUT2D eigenvalue weighted by Gasteiger charge is 2.41. The van der Waals surface area contributed by atoms with Gasteiger partial charge >= 0.3 is 0 Å². The monoisotopic (exact) mass is 293 g/mol. The molecule has 6 nitrogen and oxygen atoms in total. The topological polar surface area (TPSA) is 77.2 Å². The van der Waals surface area contributed by atoms with E-state index in [9.17, 15) is 4.79 Å². The Kier molecular flexibility index (Phi) is 3.73. The van der Waals surface area contributed by atoms with Crippen molar-refractivity contribution in [3.8, 4) is 0 Å². The van der Waals surface area contributed by atoms with Gasteiger partial charge in [0.05, 0.1) is 17.9 Å². The molecule has 0 spiro atoms. The van der Waals surface area contributed by atoms with E-state index in [0.29, 0.717) is 18.9 Å². The van der Waals surface area contributed by atoms with E-state index in [1.165, 1.54) is 0 Å². The van der Waals surface area contributed by atoms with Gasteiger partial charge in [-0.2, -0.15) is 4.98 Å². The Morgan fingerprint density at radius 1 is 1.29 bits per heavy atom. The van der Waals surface area contributed by atoms with Crippen LogP contribution in [0.2, 0.25) is 0 Å². The van der Waals surface area contributed by atoms with Gasteiger partial charge in [-0.05, 0) is 18.3 Å². The van der Waals surface area contributed by atoms with Crippen LogP contribution in [0, 0.1) is 5.41 Å². The number of hydrogen-bond acceptors (Lipinski definition) is 5. The Hall–Kier alpha value is -1.43. The van der Waals surface area contributed by atoms with E-state index in [1.54, 1.807) is 0 Å². The standard InChI is InChI=1S/C15H23N3O3/c1-15(2,3)12-10(6-7-20-12)13-17-14(21-18-13)9-4-5-11(19)16-8-9/h9-10,12H,4-8H2,1-3H3,(H,16,19)/t9-,10-,12-/m0/s1. The molecule has 1 N–H and O–H groups in total. The second-order valence-electron chi connectivity index (χ2n) is 7.08. The van der Waals surface area contributed by atoms with E-state index in [2.05, 4.69) is 36.2 Å². The fourth-order valence-corrected chi connectivity index (χ4v) is 3.21. The van der Waals surface area contributed by atoms with E-state index >= 15 is 0 Å². The number of nitrogens with one attached hydrogen (secondary N) is 1. The van der Waals surface area contributed by atoms with Crippen molar-refractivity contribution in [3.63, 3.8) is 0 Å². The molecule has 0 aromatic carbocycles. The lowest BCUT2D eigenvalue weighted by atomic mass is 9.81. The molecule has 2 aliphatic rings. The highest BCUT2D eigenvalue weighted by atomic mass is 16.5. The summed E-state index contributed by atoms with van der Waals surface area (Å²) in [5, 5.41) is 7.03. The summed E-state index contributed by atoms with van der Waals surface area (Å²) in [6.07, 6.45) is 2.35. The van der Waals surface area contributed by atoms with Gasteiger partial charge in [0.15, 0.2) is 5.82 Å². The summed E-state index contributed by atoms with van der Waals surface area (Å²) in [5.74, 6) is 1.83. The second kappa shape index (κ2) is 5.40. The van der Waals surface area contributed by atoms with Crippen molar-refractivity contribution in [1.29, 1.82) is 0 Å². The molecule has 0 aliphatic carbocycles. The van der Waals surface area contributed by atoms with Crippen molar-refractivity contribution >= 4 is 5.91 Å². The molecule has 0 saturated carbocycles. The zero-order chi connectivity index (χ0) is 15.0. The molecular weight excluding hydrogens is 270 g/mol. The van der Waals surface area contributed by atoms with Crippen LogP contribution in [0.15, 0.2) is 4.52 Å². The Bertz CT molecular complexity index is 510. The van der Waals surface area contributed by atoms with E-state index in [1.807, 2.05) is 0 Å². The molecule has 0 bridgehead atoms. The molecule has 1 amide bonds. The zero-order valence-corrected chi connectivity index (χ0v) is 12.9. The smallest absolute Gasteiger partial charge is 0.231 e. The minimum atomic E-state index is 0.0563. The number of nitrogens with zero attached hydrogens (tertiary/aromatic N) is 2. The number of carbonyl (C=O) groups is 1. The first-order chi connectivity index (χ1) is 9.95. The molecular formula is C15H23N3O3. The normalized spacial score (nSPS) is 30.4. The van der Waals surface area contributed by atoms with Gasteiger partial charge in [-0.3, -0.25) is 4.79 Å². The van der Waals surface area contributed by atoms with Gasteiger partial charge in [-0.15, -0.1) is 0 Å². The predicted octanol–water partition coefficient (Wildman–Crippen LogP) is 1.98. The van der Waals surface area contributed by atoms with E-state index in [-0.39, 0.29) is 29.3 Å². The lowest BCUT2D eigenvalue weighted by Gasteiger charge is -2.29. The van der Waals surface area contributed by atoms with Gasteiger partial charge in [0.1, 0.15) is 0 Å². The number of amides is 1. The van der Waals surface area contributed by atoms with Gasteiger partial charge in [0.25, 0.3) is 0 Å². The number of hydrogen-bond donors (Lipinski definition) is 1. The van der Waals surface area contributed by atoms with Crippen molar-refractivity contribution in [1.82, 2.24) is 15.5 Å². The lowest BCUT2D eigenvalue weighted by molar-refractivity contribution is -0.122. The molecule has 21 heavy (non-hydrogen) atoms. The Morgan fingerprint density at radius 3 is 2.76 bits per heavy atom. The molecule has 116 valence electrons. The number of piperidine rings is 1. The van der Waals surface area contributed by atoms with Crippen molar-refractivity contribution in [3.05, 3.63) is 11.7 Å². The van der Waals surface area contributed by atoms with Crippen LogP contribution in [-0.4, -0.2) is 35.3 Å². The third kappa shape index (κ3) is 2.95. The lowest BCUT2D eigenvalue weighted by Crippen LogP contribution is -2.34. The first-order valence-corrected chi connectivity index (χ1v) is 7.67. The van der Waals surface area contributed by atoms with Gasteiger partial charge in [0.2, 0.25) is 11.8 Å². The van der Waals surface area contributed by atoms with Gasteiger partial charge in [-0.1, -0.05) is 25.9 Å². The van der Waals surface area contributed by atoms with Crippen LogP contribution in [0.1, 0.15) is 63.6 Å².